The standard InChI is InChI=1S/C12H17N9O3S4/c1-8(22)18-11-20-21-12(27-11)28(23,24)17-6-14-2-3-25-4-9-5-26-10(19-9)15-7-16-13/h5-7H,2-4,13H2,1H3,(H,14,17)(H,15,16,19)(H,18,20,22). The Morgan fingerprint density at radius 1 is 1.39 bits per heavy atom. The van der Waals surface area contributed by atoms with E-state index in [4.69, 9.17) is 5.84 Å². The Balaban J connectivity index is 1.70. The van der Waals surface area contributed by atoms with Crippen molar-refractivity contribution in [3.05, 3.63) is 11.1 Å². The number of rotatable bonds is 11. The molecule has 0 atom stereocenters. The Morgan fingerprint density at radius 2 is 2.21 bits per heavy atom. The van der Waals surface area contributed by atoms with Gasteiger partial charge in [0.15, 0.2) is 0 Å². The van der Waals surface area contributed by atoms with Crippen LogP contribution in [-0.2, 0) is 20.6 Å². The van der Waals surface area contributed by atoms with Crippen molar-refractivity contribution >= 4 is 73.3 Å². The lowest BCUT2D eigenvalue weighted by Crippen LogP contribution is -2.22. The van der Waals surface area contributed by atoms with E-state index >= 15 is 0 Å². The van der Waals surface area contributed by atoms with Crippen molar-refractivity contribution in [1.29, 1.82) is 0 Å². The van der Waals surface area contributed by atoms with Gasteiger partial charge in [-0.3, -0.25) is 14.5 Å². The molecule has 0 aliphatic heterocycles. The van der Waals surface area contributed by atoms with Crippen LogP contribution in [0.3, 0.4) is 0 Å². The van der Waals surface area contributed by atoms with Gasteiger partial charge in [0.2, 0.25) is 16.2 Å². The van der Waals surface area contributed by atoms with Gasteiger partial charge >= 0.3 is 0 Å². The molecule has 1 amide bonds. The first-order valence-corrected chi connectivity index (χ1v) is 11.9. The number of aliphatic imine (C=N–C) groups is 2. The number of amides is 1. The average molecular weight is 464 g/mol. The molecule has 5 N–H and O–H groups in total. The van der Waals surface area contributed by atoms with E-state index in [1.54, 1.807) is 11.8 Å². The van der Waals surface area contributed by atoms with Crippen molar-refractivity contribution in [2.75, 3.05) is 17.6 Å². The van der Waals surface area contributed by atoms with Gasteiger partial charge in [0.1, 0.15) is 6.34 Å². The number of hydrazine groups is 1. The monoisotopic (exact) mass is 463 g/mol. The van der Waals surface area contributed by atoms with Gasteiger partial charge in [0, 0.05) is 30.4 Å². The fourth-order valence-corrected chi connectivity index (χ4v) is 4.86. The molecule has 2 heterocycles. The van der Waals surface area contributed by atoms with Crippen LogP contribution in [0.2, 0.25) is 0 Å². The number of aromatic nitrogens is 3. The van der Waals surface area contributed by atoms with E-state index in [1.165, 1.54) is 24.6 Å². The van der Waals surface area contributed by atoms with Crippen LogP contribution < -0.4 is 21.3 Å². The van der Waals surface area contributed by atoms with Crippen molar-refractivity contribution in [3.63, 3.8) is 0 Å². The molecule has 16 heteroatoms. The lowest BCUT2D eigenvalue weighted by Gasteiger charge is -1.98. The number of thioether (sulfide) groups is 1. The van der Waals surface area contributed by atoms with Gasteiger partial charge in [-0.2, -0.15) is 20.2 Å². The van der Waals surface area contributed by atoms with Crippen LogP contribution in [0.1, 0.15) is 12.6 Å². The van der Waals surface area contributed by atoms with Crippen LogP contribution in [0.5, 0.6) is 0 Å². The van der Waals surface area contributed by atoms with Crippen molar-refractivity contribution in [2.24, 2.45) is 15.8 Å². The van der Waals surface area contributed by atoms with E-state index in [0.717, 1.165) is 23.4 Å². The Labute approximate surface area is 173 Å². The fraction of sp³-hybridized carbons (Fsp3) is 0.333. The highest BCUT2D eigenvalue weighted by Crippen LogP contribution is 2.21. The summed E-state index contributed by atoms with van der Waals surface area (Å²) in [6.45, 7) is 1.71. The lowest BCUT2D eigenvalue weighted by atomic mass is 10.6. The average Bonchev–Trinajstić information content (AvgIpc) is 3.28. The number of sulfonamides is 1. The molecule has 2 rings (SSSR count). The number of nitrogens with zero attached hydrogens (tertiary/aromatic N) is 5. The summed E-state index contributed by atoms with van der Waals surface area (Å²) in [4.78, 5) is 23.2. The first-order valence-electron chi connectivity index (χ1n) is 7.53. The molecule has 0 saturated carbocycles. The van der Waals surface area contributed by atoms with Gasteiger partial charge < -0.3 is 10.7 Å². The maximum absolute atomic E-state index is 12.0. The van der Waals surface area contributed by atoms with Crippen LogP contribution in [-0.4, -0.2) is 54.5 Å². The zero-order valence-electron chi connectivity index (χ0n) is 14.5. The van der Waals surface area contributed by atoms with Crippen LogP contribution in [0, 0.1) is 0 Å². The molecule has 12 nitrogen and oxygen atoms in total. The summed E-state index contributed by atoms with van der Waals surface area (Å²) in [5.41, 5.74) is 3.21. The third-order valence-electron chi connectivity index (χ3n) is 2.62. The SMILES string of the molecule is CC(=O)Nc1nnc(S(=O)(=O)NC=NCCSCc2csc(N=CNN)n2)s1. The highest BCUT2D eigenvalue weighted by Gasteiger charge is 2.19. The molecular weight excluding hydrogens is 446 g/mol. The second-order valence-corrected chi connectivity index (χ2v) is 9.62. The summed E-state index contributed by atoms with van der Waals surface area (Å²) in [6.07, 6.45) is 2.46. The molecule has 0 saturated heterocycles. The molecule has 152 valence electrons. The number of nitrogens with two attached hydrogens (primary N) is 1. The van der Waals surface area contributed by atoms with Crippen LogP contribution in [0.15, 0.2) is 19.7 Å². The minimum absolute atomic E-state index is 0.108. The number of anilines is 1. The fourth-order valence-electron chi connectivity index (χ4n) is 1.55. The number of hydrogen-bond acceptors (Lipinski definition) is 12. The number of carbonyl (C=O) groups is 1. The molecule has 0 fully saturated rings. The molecule has 0 unspecified atom stereocenters. The van der Waals surface area contributed by atoms with Gasteiger partial charge in [-0.15, -0.1) is 21.5 Å². The third kappa shape index (κ3) is 7.47. The van der Waals surface area contributed by atoms with Crippen molar-refractivity contribution in [1.82, 2.24) is 25.3 Å². The normalized spacial score (nSPS) is 11.9. The number of carbonyl (C=O) groups excluding carboxylic acids is 1. The highest BCUT2D eigenvalue weighted by molar-refractivity contribution is 7.98. The number of hydrogen-bond donors (Lipinski definition) is 4. The number of thiazole rings is 1. The molecule has 2 aromatic rings. The second kappa shape index (κ2) is 11.0. The van der Waals surface area contributed by atoms with E-state index in [9.17, 15) is 13.2 Å². The predicted molar refractivity (Wildman–Crippen MR) is 112 cm³/mol. The van der Waals surface area contributed by atoms with E-state index in [-0.39, 0.29) is 15.4 Å². The van der Waals surface area contributed by atoms with E-state index in [2.05, 4.69) is 40.6 Å². The van der Waals surface area contributed by atoms with Gasteiger partial charge in [0.25, 0.3) is 14.4 Å². The maximum atomic E-state index is 12.0. The van der Waals surface area contributed by atoms with Crippen LogP contribution in [0.4, 0.5) is 10.3 Å². The number of nitrogens with one attached hydrogen (secondary N) is 3. The summed E-state index contributed by atoms with van der Waals surface area (Å²) in [5.74, 6) is 6.11. The quantitative estimate of drug-likeness (QED) is 0.0912. The summed E-state index contributed by atoms with van der Waals surface area (Å²) >= 11 is 3.76. The molecule has 0 aliphatic carbocycles. The third-order valence-corrected chi connectivity index (χ3v) is 6.89. The Morgan fingerprint density at radius 3 is 2.96 bits per heavy atom. The van der Waals surface area contributed by atoms with Crippen LogP contribution >= 0.6 is 34.4 Å². The zero-order valence-corrected chi connectivity index (χ0v) is 17.8. The summed E-state index contributed by atoms with van der Waals surface area (Å²) in [7, 11) is -3.86. The summed E-state index contributed by atoms with van der Waals surface area (Å²) in [6, 6.07) is 0. The Kier molecular flexibility index (Phi) is 8.71. The van der Waals surface area contributed by atoms with Gasteiger partial charge in [-0.05, 0) is 0 Å². The lowest BCUT2D eigenvalue weighted by molar-refractivity contribution is -0.114. The van der Waals surface area contributed by atoms with Crippen LogP contribution in [0.25, 0.3) is 0 Å². The Hall–Kier alpha value is -2.14. The molecule has 2 aromatic heterocycles. The predicted octanol–water partition coefficient (Wildman–Crippen LogP) is 0.316. The maximum Gasteiger partial charge on any atom is 0.291 e. The van der Waals surface area contributed by atoms with Gasteiger partial charge in [-0.1, -0.05) is 11.3 Å². The van der Waals surface area contributed by atoms with Crippen molar-refractivity contribution < 1.29 is 13.2 Å². The molecule has 28 heavy (non-hydrogen) atoms. The largest absolute Gasteiger partial charge is 0.315 e. The molecule has 0 bridgehead atoms. The molecule has 0 aromatic carbocycles. The molecule has 0 spiro atoms. The smallest absolute Gasteiger partial charge is 0.291 e. The minimum Gasteiger partial charge on any atom is -0.315 e. The first-order chi connectivity index (χ1) is 13.4. The molecule has 0 aliphatic rings. The summed E-state index contributed by atoms with van der Waals surface area (Å²) in [5, 5.41) is 12.1. The van der Waals surface area contributed by atoms with Gasteiger partial charge in [0.05, 0.1) is 12.0 Å². The van der Waals surface area contributed by atoms with Gasteiger partial charge in [-0.25, -0.2) is 15.8 Å². The minimum atomic E-state index is -3.86. The highest BCUT2D eigenvalue weighted by atomic mass is 32.2. The first kappa shape index (κ1) is 22.2. The van der Waals surface area contributed by atoms with E-state index < -0.39 is 10.0 Å². The molecule has 0 radical (unpaired) electrons. The topological polar surface area (TPSA) is 177 Å². The second-order valence-electron chi connectivity index (χ2n) is 4.81. The van der Waals surface area contributed by atoms with E-state index in [1.807, 2.05) is 5.38 Å². The molecular formula is C12H17N9O3S4. The summed E-state index contributed by atoms with van der Waals surface area (Å²) < 4.78 is 26.0. The van der Waals surface area contributed by atoms with E-state index in [0.29, 0.717) is 23.2 Å². The van der Waals surface area contributed by atoms with Crippen molar-refractivity contribution in [3.8, 4) is 0 Å². The zero-order chi connectivity index (χ0) is 20.4. The van der Waals surface area contributed by atoms with Crippen molar-refractivity contribution in [2.45, 2.75) is 17.0 Å². The Bertz CT molecular complexity index is 938.